The van der Waals surface area contributed by atoms with E-state index in [1.807, 2.05) is 25.1 Å². The van der Waals surface area contributed by atoms with E-state index in [1.54, 1.807) is 6.07 Å². The Balaban J connectivity index is 2.34. The molecule has 0 atom stereocenters. The summed E-state index contributed by atoms with van der Waals surface area (Å²) in [5, 5.41) is 11.1. The van der Waals surface area contributed by atoms with E-state index < -0.39 is 6.09 Å². The van der Waals surface area contributed by atoms with Crippen LogP contribution in [0.5, 0.6) is 0 Å². The number of aromatic nitrogens is 1. The van der Waals surface area contributed by atoms with Crippen LogP contribution < -0.4 is 5.32 Å². The van der Waals surface area contributed by atoms with E-state index in [4.69, 9.17) is 9.84 Å². The molecule has 0 bridgehead atoms. The standard InChI is InChI=1S/C14H19N3O3/c1-17(2)9-12-11(10-5-7-20-8-6-10)3-4-13(15-12)16-14(18)19/h3-5H,6-9H2,1-2H3,(H,15,16)(H,18,19). The van der Waals surface area contributed by atoms with E-state index in [2.05, 4.69) is 16.4 Å². The highest BCUT2D eigenvalue weighted by Gasteiger charge is 2.14. The van der Waals surface area contributed by atoms with Crippen molar-refractivity contribution in [1.82, 2.24) is 9.88 Å². The highest BCUT2D eigenvalue weighted by Crippen LogP contribution is 2.25. The Morgan fingerprint density at radius 2 is 2.30 bits per heavy atom. The molecule has 0 saturated carbocycles. The average molecular weight is 277 g/mol. The molecule has 1 aliphatic heterocycles. The molecule has 0 aliphatic carbocycles. The Kier molecular flexibility index (Phi) is 4.70. The number of pyridine rings is 1. The van der Waals surface area contributed by atoms with Crippen LogP contribution in [0.2, 0.25) is 0 Å². The van der Waals surface area contributed by atoms with E-state index in [0.29, 0.717) is 25.6 Å². The first-order valence-electron chi connectivity index (χ1n) is 6.48. The molecule has 6 nitrogen and oxygen atoms in total. The molecule has 1 aliphatic rings. The fraction of sp³-hybridized carbons (Fsp3) is 0.429. The molecule has 0 radical (unpaired) electrons. The normalized spacial score (nSPS) is 15.1. The quantitative estimate of drug-likeness (QED) is 0.881. The maximum Gasteiger partial charge on any atom is 0.410 e. The minimum Gasteiger partial charge on any atom is -0.465 e. The van der Waals surface area contributed by atoms with E-state index in [0.717, 1.165) is 17.7 Å². The second-order valence-electron chi connectivity index (χ2n) is 4.91. The predicted molar refractivity (Wildman–Crippen MR) is 76.7 cm³/mol. The van der Waals surface area contributed by atoms with Crippen molar-refractivity contribution in [1.29, 1.82) is 0 Å². The van der Waals surface area contributed by atoms with Crippen LogP contribution in [0.1, 0.15) is 17.7 Å². The summed E-state index contributed by atoms with van der Waals surface area (Å²) < 4.78 is 5.32. The van der Waals surface area contributed by atoms with Crippen LogP contribution in [0.25, 0.3) is 5.57 Å². The number of anilines is 1. The number of rotatable bonds is 4. The zero-order chi connectivity index (χ0) is 14.5. The van der Waals surface area contributed by atoms with Gasteiger partial charge in [0, 0.05) is 12.1 Å². The number of hydrogen-bond acceptors (Lipinski definition) is 4. The lowest BCUT2D eigenvalue weighted by Crippen LogP contribution is -2.17. The van der Waals surface area contributed by atoms with Gasteiger partial charge in [0.05, 0.1) is 18.9 Å². The Morgan fingerprint density at radius 1 is 1.50 bits per heavy atom. The molecule has 2 heterocycles. The Hall–Kier alpha value is -1.92. The Labute approximate surface area is 118 Å². The van der Waals surface area contributed by atoms with Gasteiger partial charge in [0.1, 0.15) is 5.82 Å². The zero-order valence-corrected chi connectivity index (χ0v) is 11.7. The molecule has 20 heavy (non-hydrogen) atoms. The molecule has 1 amide bonds. The summed E-state index contributed by atoms with van der Waals surface area (Å²) in [6, 6.07) is 3.62. The van der Waals surface area contributed by atoms with E-state index in [9.17, 15) is 4.79 Å². The van der Waals surface area contributed by atoms with Gasteiger partial charge in [0.25, 0.3) is 0 Å². The third kappa shape index (κ3) is 3.79. The van der Waals surface area contributed by atoms with Crippen molar-refractivity contribution in [2.75, 3.05) is 32.6 Å². The van der Waals surface area contributed by atoms with Gasteiger partial charge in [-0.3, -0.25) is 5.32 Å². The largest absolute Gasteiger partial charge is 0.465 e. The fourth-order valence-corrected chi connectivity index (χ4v) is 2.16. The Bertz CT molecular complexity index is 526. The summed E-state index contributed by atoms with van der Waals surface area (Å²) in [6.45, 7) is 1.98. The molecule has 0 unspecified atom stereocenters. The summed E-state index contributed by atoms with van der Waals surface area (Å²) in [7, 11) is 3.92. The van der Waals surface area contributed by atoms with Gasteiger partial charge in [-0.1, -0.05) is 6.08 Å². The van der Waals surface area contributed by atoms with Gasteiger partial charge >= 0.3 is 6.09 Å². The molecule has 108 valence electrons. The predicted octanol–water partition coefficient (Wildman–Crippen LogP) is 2.04. The first kappa shape index (κ1) is 14.5. The van der Waals surface area contributed by atoms with E-state index in [-0.39, 0.29) is 0 Å². The van der Waals surface area contributed by atoms with Crippen molar-refractivity contribution in [2.45, 2.75) is 13.0 Å². The smallest absolute Gasteiger partial charge is 0.410 e. The van der Waals surface area contributed by atoms with Crippen LogP contribution >= 0.6 is 0 Å². The molecule has 2 rings (SSSR count). The summed E-state index contributed by atoms with van der Waals surface area (Å²) in [4.78, 5) is 17.1. The molecular weight excluding hydrogens is 258 g/mol. The number of ether oxygens (including phenoxy) is 1. The Morgan fingerprint density at radius 3 is 2.90 bits per heavy atom. The third-order valence-electron chi connectivity index (χ3n) is 2.98. The first-order valence-corrected chi connectivity index (χ1v) is 6.48. The lowest BCUT2D eigenvalue weighted by molar-refractivity contribution is 0.161. The molecular formula is C14H19N3O3. The summed E-state index contributed by atoms with van der Waals surface area (Å²) in [5.74, 6) is 0.353. The van der Waals surface area contributed by atoms with Crippen molar-refractivity contribution in [3.8, 4) is 0 Å². The second kappa shape index (κ2) is 6.49. The average Bonchev–Trinajstić information content (AvgIpc) is 2.38. The fourth-order valence-electron chi connectivity index (χ4n) is 2.16. The number of carboxylic acid groups (broad SMARTS) is 1. The summed E-state index contributed by atoms with van der Waals surface area (Å²) in [5.41, 5.74) is 3.15. The van der Waals surface area contributed by atoms with E-state index >= 15 is 0 Å². The van der Waals surface area contributed by atoms with Gasteiger partial charge in [-0.05, 0) is 38.2 Å². The summed E-state index contributed by atoms with van der Waals surface area (Å²) in [6.07, 6.45) is 1.81. The molecule has 0 fully saturated rings. The SMILES string of the molecule is CN(C)Cc1nc(NC(=O)O)ccc1C1=CCOCC1. The lowest BCUT2D eigenvalue weighted by Gasteiger charge is -2.19. The minimum atomic E-state index is -1.11. The van der Waals surface area contributed by atoms with Crippen molar-refractivity contribution in [3.05, 3.63) is 29.5 Å². The minimum absolute atomic E-state index is 0.353. The van der Waals surface area contributed by atoms with Crippen LogP contribution in [0, 0.1) is 0 Å². The van der Waals surface area contributed by atoms with Gasteiger partial charge in [0.2, 0.25) is 0 Å². The summed E-state index contributed by atoms with van der Waals surface area (Å²) >= 11 is 0. The van der Waals surface area contributed by atoms with Crippen LogP contribution in [-0.4, -0.2) is 48.4 Å². The molecule has 1 aromatic heterocycles. The highest BCUT2D eigenvalue weighted by molar-refractivity contribution is 5.82. The number of amides is 1. The lowest BCUT2D eigenvalue weighted by atomic mass is 9.99. The van der Waals surface area contributed by atoms with Crippen molar-refractivity contribution in [2.24, 2.45) is 0 Å². The topological polar surface area (TPSA) is 74.7 Å². The van der Waals surface area contributed by atoms with Crippen LogP contribution in [-0.2, 0) is 11.3 Å². The number of nitrogens with one attached hydrogen (secondary N) is 1. The van der Waals surface area contributed by atoms with Crippen LogP contribution in [0.15, 0.2) is 18.2 Å². The van der Waals surface area contributed by atoms with Gasteiger partial charge in [-0.15, -0.1) is 0 Å². The first-order chi connectivity index (χ1) is 9.56. The maximum absolute atomic E-state index is 10.7. The van der Waals surface area contributed by atoms with Gasteiger partial charge in [-0.2, -0.15) is 0 Å². The maximum atomic E-state index is 10.7. The molecule has 2 N–H and O–H groups in total. The third-order valence-corrected chi connectivity index (χ3v) is 2.98. The van der Waals surface area contributed by atoms with Gasteiger partial charge in [-0.25, -0.2) is 9.78 Å². The van der Waals surface area contributed by atoms with Crippen molar-refractivity contribution >= 4 is 17.5 Å². The number of nitrogens with zero attached hydrogens (tertiary/aromatic N) is 2. The number of hydrogen-bond donors (Lipinski definition) is 2. The number of carbonyl (C=O) groups is 1. The molecule has 0 spiro atoms. The van der Waals surface area contributed by atoms with Crippen molar-refractivity contribution in [3.63, 3.8) is 0 Å². The second-order valence-corrected chi connectivity index (χ2v) is 4.91. The van der Waals surface area contributed by atoms with Crippen LogP contribution in [0.3, 0.4) is 0 Å². The molecule has 0 aromatic carbocycles. The van der Waals surface area contributed by atoms with Gasteiger partial charge < -0.3 is 14.7 Å². The van der Waals surface area contributed by atoms with Crippen molar-refractivity contribution < 1.29 is 14.6 Å². The van der Waals surface area contributed by atoms with Crippen LogP contribution in [0.4, 0.5) is 10.6 Å². The zero-order valence-electron chi connectivity index (χ0n) is 11.7. The monoisotopic (exact) mass is 277 g/mol. The van der Waals surface area contributed by atoms with Gasteiger partial charge in [0.15, 0.2) is 0 Å². The molecule has 0 saturated heterocycles. The van der Waals surface area contributed by atoms with E-state index in [1.165, 1.54) is 5.57 Å². The molecule has 1 aromatic rings. The molecule has 6 heteroatoms. The highest BCUT2D eigenvalue weighted by atomic mass is 16.5.